The van der Waals surface area contributed by atoms with Crippen molar-refractivity contribution in [1.82, 2.24) is 9.88 Å². The molecule has 0 spiro atoms. The lowest BCUT2D eigenvalue weighted by molar-refractivity contribution is 0.157. The summed E-state index contributed by atoms with van der Waals surface area (Å²) < 4.78 is 0. The molecular formula is C15H26N4. The summed E-state index contributed by atoms with van der Waals surface area (Å²) >= 11 is 0. The molecule has 1 aliphatic rings. The van der Waals surface area contributed by atoms with Gasteiger partial charge in [-0.05, 0) is 44.7 Å². The molecule has 1 aromatic rings. The highest BCUT2D eigenvalue weighted by Crippen LogP contribution is 2.29. The highest BCUT2D eigenvalue weighted by molar-refractivity contribution is 5.42. The highest BCUT2D eigenvalue weighted by Gasteiger charge is 2.23. The summed E-state index contributed by atoms with van der Waals surface area (Å²) in [6.45, 7) is 3.22. The van der Waals surface area contributed by atoms with E-state index >= 15 is 0 Å². The molecule has 1 fully saturated rings. The topological polar surface area (TPSA) is 54.2 Å². The second kappa shape index (κ2) is 6.87. The minimum absolute atomic E-state index is 0.702. The van der Waals surface area contributed by atoms with Crippen molar-refractivity contribution in [3.63, 3.8) is 0 Å². The summed E-state index contributed by atoms with van der Waals surface area (Å²) in [6, 6.07) is 4.77. The van der Waals surface area contributed by atoms with E-state index in [0.717, 1.165) is 18.3 Å². The summed E-state index contributed by atoms with van der Waals surface area (Å²) in [6.07, 6.45) is 8.49. The number of nitrogens with zero attached hydrogens (tertiary/aromatic N) is 2. The van der Waals surface area contributed by atoms with Crippen LogP contribution in [0.4, 0.5) is 5.82 Å². The molecule has 0 unspecified atom stereocenters. The van der Waals surface area contributed by atoms with Crippen molar-refractivity contribution in [1.29, 1.82) is 0 Å². The van der Waals surface area contributed by atoms with Gasteiger partial charge in [0.1, 0.15) is 5.82 Å². The molecule has 1 saturated carbocycles. The number of nitrogen functional groups attached to an aromatic ring is 1. The van der Waals surface area contributed by atoms with Crippen molar-refractivity contribution < 1.29 is 0 Å². The lowest BCUT2D eigenvalue weighted by Crippen LogP contribution is -2.35. The van der Waals surface area contributed by atoms with Crippen molar-refractivity contribution >= 4 is 5.82 Å². The monoisotopic (exact) mass is 262 g/mol. The van der Waals surface area contributed by atoms with Gasteiger partial charge < -0.3 is 5.43 Å². The number of nitrogens with two attached hydrogens (primary N) is 1. The third kappa shape index (κ3) is 3.67. The Balaban J connectivity index is 1.92. The molecule has 1 heterocycles. The molecule has 106 valence electrons. The van der Waals surface area contributed by atoms with Gasteiger partial charge in [-0.1, -0.05) is 19.4 Å². The van der Waals surface area contributed by atoms with E-state index in [4.69, 9.17) is 5.84 Å². The van der Waals surface area contributed by atoms with Gasteiger partial charge in [0.25, 0.3) is 0 Å². The number of rotatable bonds is 5. The zero-order valence-corrected chi connectivity index (χ0v) is 12.1. The molecule has 0 bridgehead atoms. The van der Waals surface area contributed by atoms with Crippen LogP contribution in [-0.2, 0) is 6.54 Å². The first-order valence-electron chi connectivity index (χ1n) is 7.35. The molecule has 0 saturated heterocycles. The number of anilines is 1. The van der Waals surface area contributed by atoms with Crippen LogP contribution in [0.1, 0.15) is 44.6 Å². The van der Waals surface area contributed by atoms with Crippen molar-refractivity contribution in [2.45, 2.75) is 51.6 Å². The summed E-state index contributed by atoms with van der Waals surface area (Å²) in [5.74, 6) is 7.25. The molecule has 2 rings (SSSR count). The first-order chi connectivity index (χ1) is 9.24. The van der Waals surface area contributed by atoms with Crippen LogP contribution in [-0.4, -0.2) is 23.0 Å². The smallest absolute Gasteiger partial charge is 0.144 e. The van der Waals surface area contributed by atoms with E-state index < -0.39 is 0 Å². The van der Waals surface area contributed by atoms with Gasteiger partial charge >= 0.3 is 0 Å². The average molecular weight is 262 g/mol. The molecule has 4 nitrogen and oxygen atoms in total. The SMILES string of the molecule is CCC1CCC(N(C)Cc2cccnc2NN)CC1. The summed E-state index contributed by atoms with van der Waals surface area (Å²) in [5, 5.41) is 0. The zero-order chi connectivity index (χ0) is 13.7. The van der Waals surface area contributed by atoms with Crippen LogP contribution < -0.4 is 11.3 Å². The lowest BCUT2D eigenvalue weighted by atomic mass is 9.84. The first-order valence-corrected chi connectivity index (χ1v) is 7.35. The van der Waals surface area contributed by atoms with Gasteiger partial charge in [-0.2, -0.15) is 0 Å². The Labute approximate surface area is 116 Å². The van der Waals surface area contributed by atoms with Gasteiger partial charge in [-0.15, -0.1) is 0 Å². The van der Waals surface area contributed by atoms with Gasteiger partial charge in [0, 0.05) is 24.3 Å². The Hall–Kier alpha value is -1.13. The van der Waals surface area contributed by atoms with Crippen LogP contribution in [0.25, 0.3) is 0 Å². The molecule has 4 heteroatoms. The molecule has 1 aromatic heterocycles. The normalized spacial score (nSPS) is 23.6. The van der Waals surface area contributed by atoms with Crippen LogP contribution in [0, 0.1) is 5.92 Å². The fourth-order valence-corrected chi connectivity index (χ4v) is 3.09. The number of hydrogen-bond acceptors (Lipinski definition) is 4. The Morgan fingerprint density at radius 3 is 2.74 bits per heavy atom. The van der Waals surface area contributed by atoms with Crippen LogP contribution in [0.2, 0.25) is 0 Å². The Morgan fingerprint density at radius 2 is 2.11 bits per heavy atom. The molecule has 3 N–H and O–H groups in total. The molecular weight excluding hydrogens is 236 g/mol. The largest absolute Gasteiger partial charge is 0.308 e. The summed E-state index contributed by atoms with van der Waals surface area (Å²) in [7, 11) is 2.21. The molecule has 0 aromatic carbocycles. The Bertz CT molecular complexity index is 385. The third-order valence-electron chi connectivity index (χ3n) is 4.46. The summed E-state index contributed by atoms with van der Waals surface area (Å²) in [4.78, 5) is 6.71. The van der Waals surface area contributed by atoms with Crippen molar-refractivity contribution in [2.24, 2.45) is 11.8 Å². The number of pyridine rings is 1. The van der Waals surface area contributed by atoms with Crippen LogP contribution >= 0.6 is 0 Å². The highest BCUT2D eigenvalue weighted by atomic mass is 15.3. The molecule has 0 amide bonds. The first kappa shape index (κ1) is 14.3. The van der Waals surface area contributed by atoms with Gasteiger partial charge in [0.05, 0.1) is 0 Å². The lowest BCUT2D eigenvalue weighted by Gasteiger charge is -2.34. The maximum Gasteiger partial charge on any atom is 0.144 e. The van der Waals surface area contributed by atoms with E-state index in [9.17, 15) is 0 Å². The van der Waals surface area contributed by atoms with Crippen LogP contribution in [0.5, 0.6) is 0 Å². The third-order valence-corrected chi connectivity index (χ3v) is 4.46. The predicted molar refractivity (Wildman–Crippen MR) is 79.6 cm³/mol. The quantitative estimate of drug-likeness (QED) is 0.633. The Kier molecular flexibility index (Phi) is 5.16. The van der Waals surface area contributed by atoms with Crippen molar-refractivity contribution in [3.8, 4) is 0 Å². The van der Waals surface area contributed by atoms with Gasteiger partial charge in [-0.25, -0.2) is 10.8 Å². The van der Waals surface area contributed by atoms with Crippen molar-refractivity contribution in [3.05, 3.63) is 23.9 Å². The number of nitrogens with one attached hydrogen (secondary N) is 1. The van der Waals surface area contributed by atoms with E-state index in [0.29, 0.717) is 6.04 Å². The minimum atomic E-state index is 0.702. The zero-order valence-electron chi connectivity index (χ0n) is 12.1. The number of hydrogen-bond donors (Lipinski definition) is 2. The average Bonchev–Trinajstić information content (AvgIpc) is 2.48. The standard InChI is InChI=1S/C15H26N4/c1-3-12-6-8-14(9-7-12)19(2)11-13-5-4-10-17-15(13)18-16/h4-5,10,12,14H,3,6-9,11,16H2,1-2H3,(H,17,18). The van der Waals surface area contributed by atoms with Gasteiger partial charge in [-0.3, -0.25) is 4.90 Å². The van der Waals surface area contributed by atoms with E-state index in [2.05, 4.69) is 35.3 Å². The maximum absolute atomic E-state index is 5.51. The second-order valence-electron chi connectivity index (χ2n) is 5.65. The fourth-order valence-electron chi connectivity index (χ4n) is 3.09. The van der Waals surface area contributed by atoms with Crippen LogP contribution in [0.3, 0.4) is 0 Å². The van der Waals surface area contributed by atoms with E-state index in [-0.39, 0.29) is 0 Å². The molecule has 0 radical (unpaired) electrons. The maximum atomic E-state index is 5.51. The second-order valence-corrected chi connectivity index (χ2v) is 5.65. The van der Waals surface area contributed by atoms with E-state index in [1.54, 1.807) is 6.20 Å². The Morgan fingerprint density at radius 1 is 1.37 bits per heavy atom. The van der Waals surface area contributed by atoms with E-state index in [1.807, 2.05) is 6.07 Å². The fraction of sp³-hybridized carbons (Fsp3) is 0.667. The molecule has 0 aliphatic heterocycles. The molecule has 0 atom stereocenters. The molecule has 19 heavy (non-hydrogen) atoms. The predicted octanol–water partition coefficient (Wildman–Crippen LogP) is 2.77. The number of hydrazine groups is 1. The molecule has 1 aliphatic carbocycles. The van der Waals surface area contributed by atoms with Crippen LogP contribution in [0.15, 0.2) is 18.3 Å². The van der Waals surface area contributed by atoms with Gasteiger partial charge in [0.15, 0.2) is 0 Å². The minimum Gasteiger partial charge on any atom is -0.308 e. The van der Waals surface area contributed by atoms with E-state index in [1.165, 1.54) is 37.7 Å². The summed E-state index contributed by atoms with van der Waals surface area (Å²) in [5.41, 5.74) is 3.85. The number of aromatic nitrogens is 1. The van der Waals surface area contributed by atoms with Gasteiger partial charge in [0.2, 0.25) is 0 Å². The van der Waals surface area contributed by atoms with Crippen molar-refractivity contribution in [2.75, 3.05) is 12.5 Å².